The fourth-order valence-corrected chi connectivity index (χ4v) is 5.56. The van der Waals surface area contributed by atoms with Crippen LogP contribution in [-0.2, 0) is 31.1 Å². The summed E-state index contributed by atoms with van der Waals surface area (Å²) >= 11 is 6.73. The molecule has 0 saturated carbocycles. The van der Waals surface area contributed by atoms with Crippen molar-refractivity contribution in [1.82, 2.24) is 34.0 Å². The first-order valence-electron chi connectivity index (χ1n) is 14.0. The molecule has 6 aromatic rings. The number of alkyl halides is 3. The number of pyridine rings is 1. The van der Waals surface area contributed by atoms with Gasteiger partial charge in [0.1, 0.15) is 16.1 Å². The highest BCUT2D eigenvalue weighted by Gasteiger charge is 2.33. The Morgan fingerprint density at radius 3 is 2.64 bits per heavy atom. The zero-order valence-electron chi connectivity index (χ0n) is 23.9. The minimum absolute atomic E-state index is 0.0317. The number of nitrogens with zero attached hydrogens (tertiary/aromatic N) is 7. The number of likely N-dealkylation sites (tertiary alicyclic amines) is 1. The molecule has 0 radical (unpaired) electrons. The van der Waals surface area contributed by atoms with Crippen molar-refractivity contribution >= 4 is 39.9 Å². The summed E-state index contributed by atoms with van der Waals surface area (Å²) in [5.41, 5.74) is 2.46. The number of fused-ring (bicyclic) bond motifs is 2. The van der Waals surface area contributed by atoms with Crippen molar-refractivity contribution in [3.8, 4) is 11.5 Å². The zero-order chi connectivity index (χ0) is 31.1. The molecule has 0 bridgehead atoms. The molecular weight excluding hydrogens is 609 g/mol. The van der Waals surface area contributed by atoms with Gasteiger partial charge >= 0.3 is 6.18 Å². The molecule has 230 valence electrons. The second-order valence-electron chi connectivity index (χ2n) is 10.8. The largest absolute Gasteiger partial charge is 0.450 e. The van der Waals surface area contributed by atoms with Gasteiger partial charge in [0.05, 0.1) is 36.9 Å². The van der Waals surface area contributed by atoms with E-state index < -0.39 is 11.7 Å². The van der Waals surface area contributed by atoms with E-state index in [1.807, 2.05) is 30.3 Å². The molecule has 5 heterocycles. The van der Waals surface area contributed by atoms with Crippen LogP contribution in [0.3, 0.4) is 0 Å². The van der Waals surface area contributed by atoms with E-state index >= 15 is 0 Å². The molecule has 1 N–H and O–H groups in total. The van der Waals surface area contributed by atoms with Crippen LogP contribution in [0.2, 0.25) is 5.02 Å². The number of anilines is 2. The van der Waals surface area contributed by atoms with Crippen molar-refractivity contribution in [2.75, 3.05) is 18.4 Å². The number of halogens is 4. The van der Waals surface area contributed by atoms with Crippen molar-refractivity contribution in [1.29, 1.82) is 0 Å². The zero-order valence-corrected chi connectivity index (χ0v) is 24.6. The Labute approximate surface area is 260 Å². The summed E-state index contributed by atoms with van der Waals surface area (Å²) in [6.07, 6.45) is 3.38. The van der Waals surface area contributed by atoms with Crippen LogP contribution in [0, 0.1) is 0 Å². The molecule has 0 spiro atoms. The molecule has 0 aliphatic carbocycles. The molecule has 1 aliphatic heterocycles. The molecule has 1 saturated heterocycles. The molecule has 0 amide bonds. The van der Waals surface area contributed by atoms with Gasteiger partial charge in [-0.25, -0.2) is 9.50 Å². The number of imidazole rings is 1. The van der Waals surface area contributed by atoms with Crippen molar-refractivity contribution < 1.29 is 22.6 Å². The number of aryl methyl sites for hydroxylation is 1. The number of benzene rings is 2. The molecule has 0 unspecified atom stereocenters. The lowest BCUT2D eigenvalue weighted by Crippen LogP contribution is -2.51. The summed E-state index contributed by atoms with van der Waals surface area (Å²) in [5, 5.41) is 7.50. The molecule has 1 fully saturated rings. The third-order valence-corrected chi connectivity index (χ3v) is 7.91. The van der Waals surface area contributed by atoms with Gasteiger partial charge in [0.2, 0.25) is 5.95 Å². The van der Waals surface area contributed by atoms with Crippen molar-refractivity contribution in [3.63, 3.8) is 0 Å². The van der Waals surface area contributed by atoms with E-state index in [1.54, 1.807) is 40.8 Å². The van der Waals surface area contributed by atoms with Crippen molar-refractivity contribution in [2.24, 2.45) is 7.05 Å². The predicted octanol–water partition coefficient (Wildman–Crippen LogP) is 6.62. The molecule has 7 rings (SSSR count). The predicted molar refractivity (Wildman–Crippen MR) is 162 cm³/mol. The SMILES string of the molecule is Cn1c(Nc2cc(CN3CC(OCc4ccccc4)C3)cc(C(F)(F)F)c2)nc2ncc(Oc3cnn4ccncc34)c(Cl)c21. The molecule has 1 aliphatic rings. The molecule has 14 heteroatoms. The first kappa shape index (κ1) is 29.0. The molecule has 0 atom stereocenters. The maximum atomic E-state index is 13.9. The first-order chi connectivity index (χ1) is 21.7. The second kappa shape index (κ2) is 11.7. The highest BCUT2D eigenvalue weighted by Crippen LogP contribution is 2.38. The van der Waals surface area contributed by atoms with E-state index in [-0.39, 0.29) is 28.5 Å². The van der Waals surface area contributed by atoms with Crippen LogP contribution in [0.25, 0.3) is 16.7 Å². The Morgan fingerprint density at radius 1 is 1.02 bits per heavy atom. The third kappa shape index (κ3) is 6.01. The lowest BCUT2D eigenvalue weighted by atomic mass is 10.1. The molecule has 4 aromatic heterocycles. The van der Waals surface area contributed by atoms with Crippen LogP contribution in [0.4, 0.5) is 24.8 Å². The fraction of sp³-hybridized carbons (Fsp3) is 0.226. The van der Waals surface area contributed by atoms with Gasteiger partial charge in [-0.2, -0.15) is 23.3 Å². The van der Waals surface area contributed by atoms with E-state index in [1.165, 1.54) is 18.5 Å². The third-order valence-electron chi connectivity index (χ3n) is 7.55. The van der Waals surface area contributed by atoms with Gasteiger partial charge in [-0.3, -0.25) is 9.88 Å². The smallest absolute Gasteiger partial charge is 0.416 e. The van der Waals surface area contributed by atoms with E-state index in [2.05, 4.69) is 30.3 Å². The normalized spacial score (nSPS) is 14.2. The average Bonchev–Trinajstić information content (AvgIpc) is 3.56. The summed E-state index contributed by atoms with van der Waals surface area (Å²) in [5.74, 6) is 0.958. The molecule has 45 heavy (non-hydrogen) atoms. The molecule has 2 aromatic carbocycles. The maximum Gasteiger partial charge on any atom is 0.416 e. The number of hydrogen-bond donors (Lipinski definition) is 1. The summed E-state index contributed by atoms with van der Waals surface area (Å²) in [6, 6.07) is 13.8. The van der Waals surface area contributed by atoms with E-state index in [9.17, 15) is 13.2 Å². The van der Waals surface area contributed by atoms with Crippen LogP contribution >= 0.6 is 11.6 Å². The fourth-order valence-electron chi connectivity index (χ4n) is 5.26. The average molecular weight is 635 g/mol. The number of ether oxygens (including phenoxy) is 2. The van der Waals surface area contributed by atoms with Gasteiger partial charge in [-0.15, -0.1) is 0 Å². The summed E-state index contributed by atoms with van der Waals surface area (Å²) in [6.45, 7) is 2.12. The lowest BCUT2D eigenvalue weighted by Gasteiger charge is -2.39. The molecular formula is C31H26ClF3N8O2. The monoisotopic (exact) mass is 634 g/mol. The topological polar surface area (TPSA) is 94.6 Å². The van der Waals surface area contributed by atoms with Gasteiger partial charge in [-0.1, -0.05) is 41.9 Å². The van der Waals surface area contributed by atoms with Crippen LogP contribution in [0.15, 0.2) is 79.5 Å². The summed E-state index contributed by atoms with van der Waals surface area (Å²) in [7, 11) is 1.69. The van der Waals surface area contributed by atoms with Gasteiger partial charge in [0, 0.05) is 44.8 Å². The Balaban J connectivity index is 1.09. The van der Waals surface area contributed by atoms with Gasteiger partial charge in [0.25, 0.3) is 0 Å². The van der Waals surface area contributed by atoms with Gasteiger partial charge in [-0.05, 0) is 29.3 Å². The van der Waals surface area contributed by atoms with Crippen LogP contribution in [-0.4, -0.2) is 53.2 Å². The van der Waals surface area contributed by atoms with Crippen LogP contribution < -0.4 is 10.1 Å². The summed E-state index contributed by atoms with van der Waals surface area (Å²) in [4.78, 5) is 15.0. The standard InChI is InChI=1S/C31H26ClF3N8O2/c1-41-28-27(32)26(45-25-14-38-43-8-7-36-12-24(25)43)13-37-29(28)40-30(41)39-22-10-20(9-21(11-22)31(33,34)35)15-42-16-23(17-42)44-18-19-5-3-2-4-6-19/h2-14,23H,15-18H2,1H3,(H,37,39,40). The van der Waals surface area contributed by atoms with Gasteiger partial charge < -0.3 is 19.4 Å². The van der Waals surface area contributed by atoms with Crippen molar-refractivity contribution in [2.45, 2.75) is 25.4 Å². The van der Waals surface area contributed by atoms with E-state index in [0.29, 0.717) is 54.2 Å². The number of hydrogen-bond acceptors (Lipinski definition) is 8. The van der Waals surface area contributed by atoms with Crippen molar-refractivity contribution in [3.05, 3.63) is 101 Å². The lowest BCUT2D eigenvalue weighted by molar-refractivity contribution is -0.137. The second-order valence-corrected chi connectivity index (χ2v) is 11.2. The van der Waals surface area contributed by atoms with E-state index in [0.717, 1.165) is 11.6 Å². The minimum Gasteiger partial charge on any atom is -0.450 e. The first-order valence-corrected chi connectivity index (χ1v) is 14.4. The number of aromatic nitrogens is 6. The summed E-state index contributed by atoms with van der Waals surface area (Å²) < 4.78 is 56.9. The van der Waals surface area contributed by atoms with Crippen LogP contribution in [0.5, 0.6) is 11.5 Å². The highest BCUT2D eigenvalue weighted by atomic mass is 35.5. The van der Waals surface area contributed by atoms with E-state index in [4.69, 9.17) is 21.1 Å². The quantitative estimate of drug-likeness (QED) is 0.190. The Hall–Kier alpha value is -4.72. The highest BCUT2D eigenvalue weighted by molar-refractivity contribution is 6.36. The number of nitrogens with one attached hydrogen (secondary N) is 1. The van der Waals surface area contributed by atoms with Crippen LogP contribution in [0.1, 0.15) is 16.7 Å². The Kier molecular flexibility index (Phi) is 7.51. The number of rotatable bonds is 9. The van der Waals surface area contributed by atoms with Gasteiger partial charge in [0.15, 0.2) is 17.1 Å². The Morgan fingerprint density at radius 2 is 1.84 bits per heavy atom. The minimum atomic E-state index is -4.53. The Bertz CT molecular complexity index is 1990. The maximum absolute atomic E-state index is 13.9. The molecule has 10 nitrogen and oxygen atoms in total.